The molecule has 27 heavy (non-hydrogen) atoms. The van der Waals surface area contributed by atoms with E-state index in [0.717, 1.165) is 5.69 Å². The van der Waals surface area contributed by atoms with Gasteiger partial charge in [-0.3, -0.25) is 0 Å². The Morgan fingerprint density at radius 1 is 1.15 bits per heavy atom. The summed E-state index contributed by atoms with van der Waals surface area (Å²) in [6.07, 6.45) is 0. The van der Waals surface area contributed by atoms with Gasteiger partial charge in [0.2, 0.25) is 10.0 Å². The molecule has 0 heterocycles. The second-order valence-corrected chi connectivity index (χ2v) is 8.62. The topological polar surface area (TPSA) is 87.8 Å². The number of anilines is 1. The van der Waals surface area contributed by atoms with Crippen LogP contribution in [0.3, 0.4) is 0 Å². The summed E-state index contributed by atoms with van der Waals surface area (Å²) in [7, 11) is -0.513. The monoisotopic (exact) mass is 502 g/mol. The summed E-state index contributed by atoms with van der Waals surface area (Å²) in [5.74, 6) is 0.654. The maximum atomic E-state index is 12.4. The molecule has 0 aromatic heterocycles. The van der Waals surface area contributed by atoms with Crippen LogP contribution < -0.4 is 11.1 Å². The molecule has 2 rings (SSSR count). The number of nitrogens with zero attached hydrogens (tertiary/aromatic N) is 2. The Bertz CT molecular complexity index is 896. The van der Waals surface area contributed by atoms with Crippen LogP contribution in [-0.4, -0.2) is 32.8 Å². The lowest BCUT2D eigenvalue weighted by Gasteiger charge is -2.14. The van der Waals surface area contributed by atoms with Crippen LogP contribution in [0.15, 0.2) is 58.4 Å². The van der Waals surface area contributed by atoms with Crippen LogP contribution >= 0.6 is 24.0 Å². The first-order valence-electron chi connectivity index (χ1n) is 8.39. The SMILES string of the molecule is CC(C)c1cccc(NC(N)=NCc2ccccc2S(=O)(=O)N(C)C)c1.I. The predicted octanol–water partition coefficient (Wildman–Crippen LogP) is 3.61. The lowest BCUT2D eigenvalue weighted by Crippen LogP contribution is -2.24. The third kappa shape index (κ3) is 6.18. The van der Waals surface area contributed by atoms with Crippen LogP contribution in [0.1, 0.15) is 30.9 Å². The van der Waals surface area contributed by atoms with Crippen molar-refractivity contribution < 1.29 is 8.42 Å². The summed E-state index contributed by atoms with van der Waals surface area (Å²) in [6, 6.07) is 14.8. The smallest absolute Gasteiger partial charge is 0.242 e. The number of hydrogen-bond donors (Lipinski definition) is 2. The first kappa shape index (κ1) is 23.4. The Balaban J connectivity index is 0.00000364. The lowest BCUT2D eigenvalue weighted by atomic mass is 10.0. The highest BCUT2D eigenvalue weighted by molar-refractivity contribution is 14.0. The number of guanidine groups is 1. The zero-order valence-electron chi connectivity index (χ0n) is 16.0. The fourth-order valence-corrected chi connectivity index (χ4v) is 3.52. The summed E-state index contributed by atoms with van der Waals surface area (Å²) in [6.45, 7) is 4.42. The molecule has 0 spiro atoms. The Hall–Kier alpha value is -1.65. The number of halogens is 1. The molecule has 0 saturated carbocycles. The summed E-state index contributed by atoms with van der Waals surface area (Å²) < 4.78 is 26.0. The van der Waals surface area contributed by atoms with Gasteiger partial charge in [0.15, 0.2) is 5.96 Å². The Morgan fingerprint density at radius 3 is 2.44 bits per heavy atom. The van der Waals surface area contributed by atoms with Gasteiger partial charge in [-0.2, -0.15) is 0 Å². The van der Waals surface area contributed by atoms with E-state index in [9.17, 15) is 8.42 Å². The molecule has 0 amide bonds. The molecule has 0 unspecified atom stereocenters. The largest absolute Gasteiger partial charge is 0.370 e. The molecule has 0 aliphatic heterocycles. The fourth-order valence-electron chi connectivity index (χ4n) is 2.42. The minimum absolute atomic E-state index is 0. The van der Waals surface area contributed by atoms with Crippen LogP contribution in [-0.2, 0) is 16.6 Å². The molecule has 0 atom stereocenters. The molecular formula is C19H27IN4O2S. The third-order valence-electron chi connectivity index (χ3n) is 3.98. The van der Waals surface area contributed by atoms with E-state index in [2.05, 4.69) is 30.2 Å². The number of sulfonamides is 1. The molecule has 0 aliphatic rings. The van der Waals surface area contributed by atoms with E-state index in [0.29, 0.717) is 11.5 Å². The minimum atomic E-state index is -3.53. The molecule has 0 bridgehead atoms. The zero-order chi connectivity index (χ0) is 19.3. The van der Waals surface area contributed by atoms with Gasteiger partial charge in [-0.15, -0.1) is 24.0 Å². The van der Waals surface area contributed by atoms with Gasteiger partial charge in [-0.05, 0) is 35.2 Å². The molecule has 2 aromatic rings. The average molecular weight is 502 g/mol. The molecule has 2 aromatic carbocycles. The number of benzene rings is 2. The molecule has 0 radical (unpaired) electrons. The number of nitrogens with one attached hydrogen (secondary N) is 1. The average Bonchev–Trinajstić information content (AvgIpc) is 2.60. The summed E-state index contributed by atoms with van der Waals surface area (Å²) >= 11 is 0. The second kappa shape index (κ2) is 10.0. The van der Waals surface area contributed by atoms with Crippen molar-refractivity contribution in [2.75, 3.05) is 19.4 Å². The van der Waals surface area contributed by atoms with Gasteiger partial charge in [0.1, 0.15) is 0 Å². The summed E-state index contributed by atoms with van der Waals surface area (Å²) in [5.41, 5.74) is 8.63. The van der Waals surface area contributed by atoms with E-state index in [1.165, 1.54) is 24.0 Å². The molecule has 6 nitrogen and oxygen atoms in total. The molecule has 0 aliphatic carbocycles. The van der Waals surface area contributed by atoms with Crippen molar-refractivity contribution in [2.24, 2.45) is 10.7 Å². The van der Waals surface area contributed by atoms with Crippen molar-refractivity contribution in [3.8, 4) is 0 Å². The van der Waals surface area contributed by atoms with E-state index in [4.69, 9.17) is 5.73 Å². The number of nitrogens with two attached hydrogens (primary N) is 1. The Morgan fingerprint density at radius 2 is 1.81 bits per heavy atom. The minimum Gasteiger partial charge on any atom is -0.370 e. The molecule has 148 valence electrons. The van der Waals surface area contributed by atoms with Gasteiger partial charge in [0, 0.05) is 19.8 Å². The molecular weight excluding hydrogens is 475 g/mol. The molecule has 3 N–H and O–H groups in total. The highest BCUT2D eigenvalue weighted by Gasteiger charge is 2.20. The van der Waals surface area contributed by atoms with Crippen molar-refractivity contribution >= 4 is 45.6 Å². The van der Waals surface area contributed by atoms with Crippen LogP contribution in [0.25, 0.3) is 0 Å². The van der Waals surface area contributed by atoms with E-state index >= 15 is 0 Å². The van der Waals surface area contributed by atoms with Crippen molar-refractivity contribution in [3.05, 3.63) is 59.7 Å². The predicted molar refractivity (Wildman–Crippen MR) is 122 cm³/mol. The van der Waals surface area contributed by atoms with Crippen molar-refractivity contribution in [2.45, 2.75) is 31.2 Å². The van der Waals surface area contributed by atoms with Gasteiger partial charge >= 0.3 is 0 Å². The third-order valence-corrected chi connectivity index (χ3v) is 5.89. The standard InChI is InChI=1S/C19H26N4O2S.HI/c1-14(2)15-9-7-10-17(12-15)22-19(20)21-13-16-8-5-6-11-18(16)26(24,25)23(3)4;/h5-12,14H,13H2,1-4H3,(H3,20,21,22);1H. The highest BCUT2D eigenvalue weighted by atomic mass is 127. The Kier molecular flexibility index (Phi) is 8.70. The van der Waals surface area contributed by atoms with E-state index in [-0.39, 0.29) is 41.4 Å². The highest BCUT2D eigenvalue weighted by Crippen LogP contribution is 2.20. The molecule has 0 saturated heterocycles. The van der Waals surface area contributed by atoms with E-state index < -0.39 is 10.0 Å². The number of rotatable bonds is 6. The van der Waals surface area contributed by atoms with Gasteiger partial charge in [0.05, 0.1) is 11.4 Å². The van der Waals surface area contributed by atoms with Gasteiger partial charge in [-0.1, -0.05) is 44.2 Å². The Labute approximate surface area is 178 Å². The maximum Gasteiger partial charge on any atom is 0.242 e. The first-order chi connectivity index (χ1) is 12.2. The van der Waals surface area contributed by atoms with Crippen molar-refractivity contribution in [1.29, 1.82) is 0 Å². The van der Waals surface area contributed by atoms with E-state index in [1.54, 1.807) is 24.3 Å². The van der Waals surface area contributed by atoms with Crippen molar-refractivity contribution in [3.63, 3.8) is 0 Å². The number of hydrogen-bond acceptors (Lipinski definition) is 3. The van der Waals surface area contributed by atoms with Crippen LogP contribution in [0.4, 0.5) is 5.69 Å². The number of aliphatic imine (C=N–C) groups is 1. The quantitative estimate of drug-likeness (QED) is 0.359. The van der Waals surface area contributed by atoms with Crippen LogP contribution in [0, 0.1) is 0 Å². The summed E-state index contributed by atoms with van der Waals surface area (Å²) in [4.78, 5) is 4.54. The van der Waals surface area contributed by atoms with Crippen LogP contribution in [0.2, 0.25) is 0 Å². The maximum absolute atomic E-state index is 12.4. The molecule has 8 heteroatoms. The molecule has 0 fully saturated rings. The second-order valence-electron chi connectivity index (χ2n) is 6.50. The fraction of sp³-hybridized carbons (Fsp3) is 0.316. The normalized spacial score (nSPS) is 12.1. The first-order valence-corrected chi connectivity index (χ1v) is 9.83. The van der Waals surface area contributed by atoms with Gasteiger partial charge in [-0.25, -0.2) is 17.7 Å². The van der Waals surface area contributed by atoms with Crippen molar-refractivity contribution in [1.82, 2.24) is 4.31 Å². The summed E-state index contributed by atoms with van der Waals surface area (Å²) in [5, 5.41) is 3.06. The van der Waals surface area contributed by atoms with E-state index in [1.807, 2.05) is 18.2 Å². The zero-order valence-corrected chi connectivity index (χ0v) is 19.2. The lowest BCUT2D eigenvalue weighted by molar-refractivity contribution is 0.519. The van der Waals surface area contributed by atoms with Gasteiger partial charge < -0.3 is 11.1 Å². The van der Waals surface area contributed by atoms with Crippen LogP contribution in [0.5, 0.6) is 0 Å². The van der Waals surface area contributed by atoms with Gasteiger partial charge in [0.25, 0.3) is 0 Å².